The number of carbonyl (C=O) groups is 1. The molecule has 2 aromatic rings. The zero-order valence-electron chi connectivity index (χ0n) is 15.9. The molecule has 1 aliphatic heterocycles. The molecule has 0 bridgehead atoms. The van der Waals surface area contributed by atoms with Crippen LogP contribution in [0.5, 0.6) is 0 Å². The molecule has 1 amide bonds. The Bertz CT molecular complexity index is 1030. The Morgan fingerprint density at radius 2 is 1.86 bits per heavy atom. The molecule has 0 spiro atoms. The number of hydrogen-bond acceptors (Lipinski definition) is 4. The Kier molecular flexibility index (Phi) is 6.27. The Balaban J connectivity index is 1.60. The molecule has 7 nitrogen and oxygen atoms in total. The zero-order chi connectivity index (χ0) is 21.0. The highest BCUT2D eigenvalue weighted by molar-refractivity contribution is 7.89. The van der Waals surface area contributed by atoms with Gasteiger partial charge >= 0.3 is 0 Å². The van der Waals surface area contributed by atoms with E-state index in [1.165, 1.54) is 16.4 Å². The third-order valence-electron chi connectivity index (χ3n) is 5.08. The molecule has 1 aliphatic rings. The number of nitrogens with zero attached hydrogens (tertiary/aromatic N) is 2. The van der Waals surface area contributed by atoms with E-state index in [-0.39, 0.29) is 29.9 Å². The summed E-state index contributed by atoms with van der Waals surface area (Å²) in [6.07, 6.45) is 0. The van der Waals surface area contributed by atoms with Crippen molar-refractivity contribution in [3.63, 3.8) is 0 Å². The van der Waals surface area contributed by atoms with Gasteiger partial charge in [0.2, 0.25) is 10.0 Å². The van der Waals surface area contributed by atoms with Crippen LogP contribution in [0.25, 0.3) is 0 Å². The number of anilines is 1. The molecule has 2 N–H and O–H groups in total. The number of rotatable bonds is 5. The second-order valence-electron chi connectivity index (χ2n) is 6.92. The SMILES string of the molecule is C[C@@H](C(=O)Nc1cccc(C#N)c1)[NH+]1CCN(S(=O)(=O)c2ccc(F)cc2)CC1. The van der Waals surface area contributed by atoms with Gasteiger partial charge in [-0.1, -0.05) is 6.07 Å². The topological polar surface area (TPSA) is 94.7 Å². The fourth-order valence-electron chi connectivity index (χ4n) is 3.30. The first-order valence-electron chi connectivity index (χ1n) is 9.22. The predicted octanol–water partition coefficient (Wildman–Crippen LogP) is 0.614. The quantitative estimate of drug-likeness (QED) is 0.746. The molecule has 1 atom stereocenters. The summed E-state index contributed by atoms with van der Waals surface area (Å²) in [4.78, 5) is 13.6. The molecule has 2 aromatic carbocycles. The summed E-state index contributed by atoms with van der Waals surface area (Å²) in [5, 5.41) is 11.8. The van der Waals surface area contributed by atoms with Crippen molar-refractivity contribution in [3.05, 3.63) is 59.9 Å². The highest BCUT2D eigenvalue weighted by Crippen LogP contribution is 2.16. The molecular formula is C20H22FN4O3S+. The molecule has 1 saturated heterocycles. The smallest absolute Gasteiger partial charge is 0.282 e. The van der Waals surface area contributed by atoms with Crippen molar-refractivity contribution < 1.29 is 22.5 Å². The van der Waals surface area contributed by atoms with Crippen LogP contribution in [0.4, 0.5) is 10.1 Å². The second-order valence-corrected chi connectivity index (χ2v) is 8.86. The Labute approximate surface area is 169 Å². The lowest BCUT2D eigenvalue weighted by Crippen LogP contribution is -3.19. The number of amides is 1. The Hall–Kier alpha value is -2.80. The van der Waals surface area contributed by atoms with E-state index in [4.69, 9.17) is 5.26 Å². The van der Waals surface area contributed by atoms with Crippen molar-refractivity contribution >= 4 is 21.6 Å². The maximum absolute atomic E-state index is 13.1. The number of carbonyl (C=O) groups excluding carboxylic acids is 1. The number of quaternary nitrogens is 1. The zero-order valence-corrected chi connectivity index (χ0v) is 16.7. The second kappa shape index (κ2) is 8.69. The highest BCUT2D eigenvalue weighted by atomic mass is 32.2. The fraction of sp³-hybridized carbons (Fsp3) is 0.300. The van der Waals surface area contributed by atoms with Crippen LogP contribution in [-0.4, -0.2) is 50.9 Å². The molecule has 0 saturated carbocycles. The number of halogens is 1. The van der Waals surface area contributed by atoms with E-state index in [0.717, 1.165) is 17.0 Å². The summed E-state index contributed by atoms with van der Waals surface area (Å²) in [7, 11) is -3.68. The average Bonchev–Trinajstić information content (AvgIpc) is 2.73. The van der Waals surface area contributed by atoms with Gasteiger partial charge in [0, 0.05) is 5.69 Å². The van der Waals surface area contributed by atoms with E-state index in [1.54, 1.807) is 31.2 Å². The first kappa shape index (κ1) is 20.9. The molecule has 1 heterocycles. The van der Waals surface area contributed by atoms with Gasteiger partial charge < -0.3 is 10.2 Å². The first-order chi connectivity index (χ1) is 13.8. The van der Waals surface area contributed by atoms with Crippen molar-refractivity contribution in [1.82, 2.24) is 4.31 Å². The maximum atomic E-state index is 13.1. The maximum Gasteiger partial charge on any atom is 0.282 e. The Morgan fingerprint density at radius 3 is 2.48 bits per heavy atom. The summed E-state index contributed by atoms with van der Waals surface area (Å²) >= 11 is 0. The highest BCUT2D eigenvalue weighted by Gasteiger charge is 2.34. The monoisotopic (exact) mass is 417 g/mol. The molecule has 29 heavy (non-hydrogen) atoms. The van der Waals surface area contributed by atoms with Crippen LogP contribution in [0.15, 0.2) is 53.4 Å². The molecule has 0 aliphatic carbocycles. The predicted molar refractivity (Wildman–Crippen MR) is 105 cm³/mol. The summed E-state index contributed by atoms with van der Waals surface area (Å²) in [5.41, 5.74) is 1.01. The van der Waals surface area contributed by atoms with E-state index >= 15 is 0 Å². The van der Waals surface area contributed by atoms with Gasteiger partial charge in [0.25, 0.3) is 5.91 Å². The molecule has 3 rings (SSSR count). The van der Waals surface area contributed by atoms with Crippen molar-refractivity contribution in [2.24, 2.45) is 0 Å². The first-order valence-corrected chi connectivity index (χ1v) is 10.7. The van der Waals surface area contributed by atoms with Gasteiger partial charge in [0.05, 0.1) is 42.7 Å². The van der Waals surface area contributed by atoms with Crippen LogP contribution < -0.4 is 10.2 Å². The van der Waals surface area contributed by atoms with Crippen molar-refractivity contribution in [2.75, 3.05) is 31.5 Å². The van der Waals surface area contributed by atoms with Gasteiger partial charge in [0.15, 0.2) is 6.04 Å². The third-order valence-corrected chi connectivity index (χ3v) is 6.99. The average molecular weight is 417 g/mol. The molecule has 1 fully saturated rings. The van der Waals surface area contributed by atoms with Crippen LogP contribution in [0.1, 0.15) is 12.5 Å². The summed E-state index contributed by atoms with van der Waals surface area (Å²) in [6, 6.07) is 13.1. The third kappa shape index (κ3) is 4.79. The standard InChI is InChI=1S/C20H21FN4O3S/c1-15(20(26)23-18-4-2-3-16(13-18)14-22)24-9-11-25(12-10-24)29(27,28)19-7-5-17(21)6-8-19/h2-8,13,15H,9-12H2,1H3,(H,23,26)/p+1/t15-/m0/s1. The van der Waals surface area contributed by atoms with Crippen LogP contribution in [0.2, 0.25) is 0 Å². The minimum atomic E-state index is -3.68. The minimum absolute atomic E-state index is 0.0607. The van der Waals surface area contributed by atoms with Gasteiger partial charge in [-0.15, -0.1) is 0 Å². The summed E-state index contributed by atoms with van der Waals surface area (Å²) in [6.45, 7) is 3.30. The number of benzene rings is 2. The van der Waals surface area contributed by atoms with Crippen LogP contribution in [-0.2, 0) is 14.8 Å². The van der Waals surface area contributed by atoms with Gasteiger partial charge in [0.1, 0.15) is 5.82 Å². The lowest BCUT2D eigenvalue weighted by atomic mass is 10.2. The molecule has 9 heteroatoms. The number of nitriles is 1. The van der Waals surface area contributed by atoms with Gasteiger partial charge in [-0.3, -0.25) is 4.79 Å². The van der Waals surface area contributed by atoms with Crippen LogP contribution in [0.3, 0.4) is 0 Å². The van der Waals surface area contributed by atoms with Crippen molar-refractivity contribution in [1.29, 1.82) is 5.26 Å². The number of piperazine rings is 1. The largest absolute Gasteiger partial charge is 0.323 e. The molecule has 0 radical (unpaired) electrons. The lowest BCUT2D eigenvalue weighted by Gasteiger charge is -2.34. The molecule has 0 aromatic heterocycles. The minimum Gasteiger partial charge on any atom is -0.323 e. The van der Waals surface area contributed by atoms with E-state index in [1.807, 2.05) is 6.07 Å². The normalized spacial score (nSPS) is 16.7. The Morgan fingerprint density at radius 1 is 1.21 bits per heavy atom. The van der Waals surface area contributed by atoms with Gasteiger partial charge in [-0.05, 0) is 49.4 Å². The van der Waals surface area contributed by atoms with E-state index in [2.05, 4.69) is 5.32 Å². The van der Waals surface area contributed by atoms with Crippen LogP contribution >= 0.6 is 0 Å². The van der Waals surface area contributed by atoms with Gasteiger partial charge in [-0.25, -0.2) is 12.8 Å². The van der Waals surface area contributed by atoms with Gasteiger partial charge in [-0.2, -0.15) is 9.57 Å². The summed E-state index contributed by atoms with van der Waals surface area (Å²) < 4.78 is 39.8. The summed E-state index contributed by atoms with van der Waals surface area (Å²) in [5.74, 6) is -0.678. The van der Waals surface area contributed by atoms with Crippen molar-refractivity contribution in [3.8, 4) is 6.07 Å². The molecule has 0 unspecified atom stereocenters. The van der Waals surface area contributed by atoms with E-state index in [0.29, 0.717) is 24.3 Å². The van der Waals surface area contributed by atoms with Crippen molar-refractivity contribution in [2.45, 2.75) is 17.9 Å². The lowest BCUT2D eigenvalue weighted by molar-refractivity contribution is -0.917. The number of sulfonamides is 1. The van der Waals surface area contributed by atoms with E-state index in [9.17, 15) is 17.6 Å². The fourth-order valence-corrected chi connectivity index (χ4v) is 4.75. The number of nitrogens with one attached hydrogen (secondary N) is 2. The van der Waals surface area contributed by atoms with Crippen LogP contribution in [0, 0.1) is 17.1 Å². The van der Waals surface area contributed by atoms with E-state index < -0.39 is 15.8 Å². The molecule has 152 valence electrons. The number of hydrogen-bond donors (Lipinski definition) is 2. The molecular weight excluding hydrogens is 395 g/mol.